The second kappa shape index (κ2) is 6.76. The third-order valence-corrected chi connectivity index (χ3v) is 3.90. The van der Waals surface area contributed by atoms with Crippen molar-refractivity contribution >= 4 is 11.9 Å². The van der Waals surface area contributed by atoms with Gasteiger partial charge in [-0.2, -0.15) is 5.06 Å². The van der Waals surface area contributed by atoms with Crippen LogP contribution in [0.3, 0.4) is 0 Å². The van der Waals surface area contributed by atoms with Crippen LogP contribution in [0, 0.1) is 5.92 Å². The maximum atomic E-state index is 12.0. The average Bonchev–Trinajstić information content (AvgIpc) is 2.90. The van der Waals surface area contributed by atoms with E-state index < -0.39 is 29.9 Å². The minimum atomic E-state index is -0.902. The fourth-order valence-electron chi connectivity index (χ4n) is 2.76. The lowest BCUT2D eigenvalue weighted by Crippen LogP contribution is -2.36. The summed E-state index contributed by atoms with van der Waals surface area (Å²) < 4.78 is 14.6. The van der Waals surface area contributed by atoms with E-state index in [-0.39, 0.29) is 6.42 Å². The van der Waals surface area contributed by atoms with E-state index in [1.165, 1.54) is 14.2 Å². The van der Waals surface area contributed by atoms with Crippen LogP contribution in [0.5, 0.6) is 5.75 Å². The lowest BCUT2D eigenvalue weighted by atomic mass is 9.93. The normalized spacial score (nSPS) is 24.8. The van der Waals surface area contributed by atoms with E-state index in [0.29, 0.717) is 11.3 Å². The molecule has 1 aromatic rings. The van der Waals surface area contributed by atoms with Crippen LogP contribution in [0.2, 0.25) is 0 Å². The molecule has 0 radical (unpaired) electrons. The van der Waals surface area contributed by atoms with Crippen LogP contribution in [0.25, 0.3) is 0 Å². The summed E-state index contributed by atoms with van der Waals surface area (Å²) in [5, 5.41) is 11.2. The molecule has 2 rings (SSSR count). The van der Waals surface area contributed by atoms with Gasteiger partial charge in [-0.15, -0.1) is 0 Å². The van der Waals surface area contributed by atoms with Crippen molar-refractivity contribution in [2.75, 3.05) is 21.3 Å². The first-order valence-corrected chi connectivity index (χ1v) is 6.80. The summed E-state index contributed by atoms with van der Waals surface area (Å²) in [5.41, 5.74) is 0.685. The van der Waals surface area contributed by atoms with Crippen LogP contribution in [-0.4, -0.2) is 49.6 Å². The lowest BCUT2D eigenvalue weighted by molar-refractivity contribution is -0.177. The molecule has 0 saturated carbocycles. The average molecular weight is 309 g/mol. The molecule has 1 heterocycles. The van der Waals surface area contributed by atoms with Crippen molar-refractivity contribution in [2.24, 2.45) is 5.92 Å². The molecule has 22 heavy (non-hydrogen) atoms. The van der Waals surface area contributed by atoms with Gasteiger partial charge in [-0.25, -0.2) is 0 Å². The molecular weight excluding hydrogens is 290 g/mol. The quantitative estimate of drug-likeness (QED) is 0.835. The molecule has 0 aromatic heterocycles. The Morgan fingerprint density at radius 3 is 2.18 bits per heavy atom. The number of methoxy groups -OCH3 is 3. The summed E-state index contributed by atoms with van der Waals surface area (Å²) in [5.74, 6) is -1.07. The highest BCUT2D eigenvalue weighted by atomic mass is 16.5. The number of esters is 2. The molecule has 1 N–H and O–H groups in total. The summed E-state index contributed by atoms with van der Waals surface area (Å²) >= 11 is 0. The van der Waals surface area contributed by atoms with Crippen LogP contribution in [0.1, 0.15) is 18.0 Å². The minimum absolute atomic E-state index is 0.131. The number of benzene rings is 1. The van der Waals surface area contributed by atoms with Gasteiger partial charge in [0.25, 0.3) is 0 Å². The molecule has 1 aliphatic rings. The monoisotopic (exact) mass is 309 g/mol. The summed E-state index contributed by atoms with van der Waals surface area (Å²) in [7, 11) is 4.07. The molecule has 1 saturated heterocycles. The standard InChI is InChI=1S/C15H19NO6/c1-20-10-6-4-9(5-7-10)13-11(14(17)21-2)8-12(16(13)19)15(18)22-3/h4-7,11-13,19H,8H2,1-3H3/t11-,12+,13+/m1/s1. The van der Waals surface area contributed by atoms with Gasteiger partial charge >= 0.3 is 11.9 Å². The summed E-state index contributed by atoms with van der Waals surface area (Å²) in [6.07, 6.45) is 0.131. The van der Waals surface area contributed by atoms with Gasteiger partial charge in [-0.05, 0) is 24.1 Å². The Balaban J connectivity index is 2.34. The van der Waals surface area contributed by atoms with E-state index in [2.05, 4.69) is 4.74 Å². The zero-order valence-electron chi connectivity index (χ0n) is 12.7. The van der Waals surface area contributed by atoms with Gasteiger partial charge in [-0.1, -0.05) is 12.1 Å². The highest BCUT2D eigenvalue weighted by molar-refractivity contribution is 5.80. The molecule has 0 spiro atoms. The van der Waals surface area contributed by atoms with Crippen LogP contribution >= 0.6 is 0 Å². The first kappa shape index (κ1) is 16.3. The zero-order chi connectivity index (χ0) is 16.3. The Morgan fingerprint density at radius 2 is 1.68 bits per heavy atom. The van der Waals surface area contributed by atoms with Gasteiger partial charge < -0.3 is 19.4 Å². The number of hydrogen-bond donors (Lipinski definition) is 1. The number of ether oxygens (including phenoxy) is 3. The van der Waals surface area contributed by atoms with Crippen molar-refractivity contribution in [1.82, 2.24) is 5.06 Å². The van der Waals surface area contributed by atoms with Gasteiger partial charge in [0.05, 0.1) is 33.3 Å². The SMILES string of the molecule is COC(=O)[C@@H]1C[C@@H](C(=O)OC)N(O)[C@H]1c1ccc(OC)cc1. The van der Waals surface area contributed by atoms with Crippen LogP contribution in [0.4, 0.5) is 0 Å². The number of nitrogens with zero attached hydrogens (tertiary/aromatic N) is 1. The summed E-state index contributed by atoms with van der Waals surface area (Å²) in [6.45, 7) is 0. The topological polar surface area (TPSA) is 85.3 Å². The Labute approximate surface area is 128 Å². The van der Waals surface area contributed by atoms with Crippen LogP contribution in [0.15, 0.2) is 24.3 Å². The lowest BCUT2D eigenvalue weighted by Gasteiger charge is -2.24. The fourth-order valence-corrected chi connectivity index (χ4v) is 2.76. The van der Waals surface area contributed by atoms with Gasteiger partial charge in [0.1, 0.15) is 11.8 Å². The largest absolute Gasteiger partial charge is 0.497 e. The Bertz CT molecular complexity index is 543. The number of carbonyl (C=O) groups excluding carboxylic acids is 2. The van der Waals surface area contributed by atoms with Gasteiger partial charge in [0.15, 0.2) is 0 Å². The maximum absolute atomic E-state index is 12.0. The highest BCUT2D eigenvalue weighted by Gasteiger charge is 2.49. The minimum Gasteiger partial charge on any atom is -0.497 e. The van der Waals surface area contributed by atoms with Crippen LogP contribution in [-0.2, 0) is 19.1 Å². The van der Waals surface area contributed by atoms with Crippen molar-refractivity contribution in [1.29, 1.82) is 0 Å². The zero-order valence-corrected chi connectivity index (χ0v) is 12.7. The van der Waals surface area contributed by atoms with Gasteiger partial charge in [0.2, 0.25) is 0 Å². The molecule has 0 aliphatic carbocycles. The van der Waals surface area contributed by atoms with Crippen molar-refractivity contribution in [3.8, 4) is 5.75 Å². The Kier molecular flexibility index (Phi) is 4.99. The molecule has 7 heteroatoms. The number of rotatable bonds is 4. The predicted octanol–water partition coefficient (Wildman–Crippen LogP) is 1.16. The third kappa shape index (κ3) is 2.90. The Morgan fingerprint density at radius 1 is 1.09 bits per heavy atom. The molecule has 1 aromatic carbocycles. The Hall–Kier alpha value is -2.12. The first-order chi connectivity index (χ1) is 10.5. The smallest absolute Gasteiger partial charge is 0.325 e. The fraction of sp³-hybridized carbons (Fsp3) is 0.467. The van der Waals surface area contributed by atoms with E-state index in [9.17, 15) is 14.8 Å². The molecule has 0 unspecified atom stereocenters. The second-order valence-electron chi connectivity index (χ2n) is 5.00. The molecule has 1 aliphatic heterocycles. The molecule has 0 amide bonds. The van der Waals surface area contributed by atoms with E-state index >= 15 is 0 Å². The van der Waals surface area contributed by atoms with Crippen molar-refractivity contribution in [3.05, 3.63) is 29.8 Å². The summed E-state index contributed by atoms with van der Waals surface area (Å²) in [6, 6.07) is 5.35. The van der Waals surface area contributed by atoms with E-state index in [4.69, 9.17) is 9.47 Å². The third-order valence-electron chi connectivity index (χ3n) is 3.90. The van der Waals surface area contributed by atoms with Gasteiger partial charge in [0, 0.05) is 0 Å². The van der Waals surface area contributed by atoms with E-state index in [0.717, 1.165) is 5.06 Å². The number of carbonyl (C=O) groups is 2. The summed E-state index contributed by atoms with van der Waals surface area (Å²) in [4.78, 5) is 23.7. The molecule has 1 fully saturated rings. The molecule has 3 atom stereocenters. The predicted molar refractivity (Wildman–Crippen MR) is 75.3 cm³/mol. The maximum Gasteiger partial charge on any atom is 0.325 e. The van der Waals surface area contributed by atoms with Crippen molar-refractivity contribution in [3.63, 3.8) is 0 Å². The van der Waals surface area contributed by atoms with Crippen molar-refractivity contribution in [2.45, 2.75) is 18.5 Å². The number of hydrogen-bond acceptors (Lipinski definition) is 7. The molecule has 0 bridgehead atoms. The van der Waals surface area contributed by atoms with E-state index in [1.807, 2.05) is 0 Å². The van der Waals surface area contributed by atoms with Gasteiger partial charge in [-0.3, -0.25) is 9.59 Å². The van der Waals surface area contributed by atoms with Crippen molar-refractivity contribution < 1.29 is 29.0 Å². The number of hydroxylamine groups is 2. The van der Waals surface area contributed by atoms with Crippen LogP contribution < -0.4 is 4.74 Å². The molecular formula is C15H19NO6. The first-order valence-electron chi connectivity index (χ1n) is 6.80. The van der Waals surface area contributed by atoms with E-state index in [1.54, 1.807) is 31.4 Å². The second-order valence-corrected chi connectivity index (χ2v) is 5.00. The molecule has 120 valence electrons. The highest BCUT2D eigenvalue weighted by Crippen LogP contribution is 2.41. The molecule has 7 nitrogen and oxygen atoms in total.